The third-order valence-electron chi connectivity index (χ3n) is 7.98. The molecule has 8 heteroatoms. The lowest BCUT2D eigenvalue weighted by Crippen LogP contribution is -2.56. The Morgan fingerprint density at radius 1 is 1.20 bits per heavy atom. The van der Waals surface area contributed by atoms with Crippen LogP contribution in [0.4, 0.5) is 9.18 Å². The van der Waals surface area contributed by atoms with Gasteiger partial charge in [0.15, 0.2) is 0 Å². The number of benzene rings is 1. The number of aryl methyl sites for hydroxylation is 1. The second kappa shape index (κ2) is 9.07. The summed E-state index contributed by atoms with van der Waals surface area (Å²) in [5.74, 6) is -0.150. The zero-order chi connectivity index (χ0) is 23.9. The maximum atomic E-state index is 14.3. The molecule has 2 fully saturated rings. The van der Waals surface area contributed by atoms with E-state index in [1.807, 2.05) is 36.1 Å². The molecule has 5 heterocycles. The molecule has 2 aromatic heterocycles. The van der Waals surface area contributed by atoms with E-state index in [2.05, 4.69) is 25.4 Å². The molecule has 0 aliphatic carbocycles. The van der Waals surface area contributed by atoms with Gasteiger partial charge in [-0.15, -0.1) is 0 Å². The molecule has 3 unspecified atom stereocenters. The van der Waals surface area contributed by atoms with Crippen LogP contribution in [-0.2, 0) is 19.5 Å². The van der Waals surface area contributed by atoms with E-state index in [0.717, 1.165) is 65.9 Å². The molecule has 2 N–H and O–H groups in total. The fourth-order valence-electron chi connectivity index (χ4n) is 6.16. The molecule has 182 valence electrons. The minimum absolute atomic E-state index is 0.0186. The molecular formula is C27H31FN6O. The van der Waals surface area contributed by atoms with Gasteiger partial charge in [-0.05, 0) is 50.8 Å². The second-order valence-corrected chi connectivity index (χ2v) is 10.1. The monoisotopic (exact) mass is 474 g/mol. The molecule has 7 nitrogen and oxygen atoms in total. The molecule has 3 aliphatic rings. The van der Waals surface area contributed by atoms with Crippen molar-refractivity contribution in [3.05, 3.63) is 70.9 Å². The Morgan fingerprint density at radius 2 is 2.06 bits per heavy atom. The largest absolute Gasteiger partial charge is 0.334 e. The highest BCUT2D eigenvalue weighted by atomic mass is 19.1. The highest BCUT2D eigenvalue weighted by Crippen LogP contribution is 2.37. The lowest BCUT2D eigenvalue weighted by molar-refractivity contribution is 0.0974. The van der Waals surface area contributed by atoms with Gasteiger partial charge >= 0.3 is 6.03 Å². The molecule has 2 amide bonds. The average molecular weight is 475 g/mol. The first-order valence-corrected chi connectivity index (χ1v) is 12.6. The first-order valence-electron chi connectivity index (χ1n) is 12.6. The van der Waals surface area contributed by atoms with Crippen LogP contribution in [0.2, 0.25) is 0 Å². The van der Waals surface area contributed by atoms with Crippen LogP contribution in [-0.4, -0.2) is 55.7 Å². The molecule has 3 aliphatic heterocycles. The van der Waals surface area contributed by atoms with Gasteiger partial charge < -0.3 is 10.2 Å². The van der Waals surface area contributed by atoms with Crippen molar-refractivity contribution < 1.29 is 9.18 Å². The molecule has 1 aromatic carbocycles. The lowest BCUT2D eigenvalue weighted by Gasteiger charge is -2.41. The van der Waals surface area contributed by atoms with Gasteiger partial charge in [0.05, 0.1) is 12.2 Å². The number of urea groups is 1. The Bertz CT molecular complexity index is 1240. The number of amides is 2. The minimum Gasteiger partial charge on any atom is -0.334 e. The summed E-state index contributed by atoms with van der Waals surface area (Å²) < 4.78 is 14.3. The molecule has 35 heavy (non-hydrogen) atoms. The topological polar surface area (TPSA) is 77.2 Å². The quantitative estimate of drug-likeness (QED) is 0.595. The maximum absolute atomic E-state index is 14.3. The van der Waals surface area contributed by atoms with Gasteiger partial charge in [0.1, 0.15) is 5.82 Å². The number of nitrogens with zero attached hydrogens (tertiary/aromatic N) is 4. The SMILES string of the molecule is Cc1cc(-c2n[nH]c3c2CN(C(=O)NC2CCC4CCC2N4Cc2ccccc2F)CC3)ccn1. The smallest absolute Gasteiger partial charge is 0.317 e. The molecule has 2 saturated heterocycles. The summed E-state index contributed by atoms with van der Waals surface area (Å²) in [4.78, 5) is 22.0. The highest BCUT2D eigenvalue weighted by Gasteiger charge is 2.43. The summed E-state index contributed by atoms with van der Waals surface area (Å²) in [6.45, 7) is 3.77. The standard InChI is InChI=1S/C27H31FN6O/c1-17-14-18(10-12-29-17)26-21-16-33(13-11-23(21)31-32-26)27(35)30-24-8-6-20-7-9-25(24)34(20)15-19-4-2-3-5-22(19)28/h2-5,10,12,14,20,24-25H,6-9,11,13,15-16H2,1H3,(H,30,35)(H,31,32). The number of H-pyrrole nitrogens is 1. The number of aromatic nitrogens is 3. The normalized spacial score (nSPS) is 23.8. The molecule has 0 spiro atoms. The van der Waals surface area contributed by atoms with Crippen LogP contribution in [0.1, 0.15) is 48.2 Å². The van der Waals surface area contributed by atoms with E-state index in [0.29, 0.717) is 25.7 Å². The fraction of sp³-hybridized carbons (Fsp3) is 0.444. The summed E-state index contributed by atoms with van der Waals surface area (Å²) in [6.07, 6.45) is 6.72. The Morgan fingerprint density at radius 3 is 2.91 bits per heavy atom. The number of halogens is 1. The van der Waals surface area contributed by atoms with Crippen LogP contribution in [0.5, 0.6) is 0 Å². The maximum Gasteiger partial charge on any atom is 0.317 e. The number of pyridine rings is 1. The van der Waals surface area contributed by atoms with Gasteiger partial charge in [0, 0.05) is 71.9 Å². The van der Waals surface area contributed by atoms with E-state index < -0.39 is 0 Å². The van der Waals surface area contributed by atoms with Crippen LogP contribution in [0, 0.1) is 12.7 Å². The van der Waals surface area contributed by atoms with Crippen molar-refractivity contribution in [2.75, 3.05) is 6.54 Å². The zero-order valence-corrected chi connectivity index (χ0v) is 20.0. The van der Waals surface area contributed by atoms with Crippen molar-refractivity contribution in [3.63, 3.8) is 0 Å². The van der Waals surface area contributed by atoms with Gasteiger partial charge in [-0.2, -0.15) is 5.10 Å². The summed E-state index contributed by atoms with van der Waals surface area (Å²) in [6, 6.07) is 11.8. The molecule has 2 bridgehead atoms. The zero-order valence-electron chi connectivity index (χ0n) is 20.0. The highest BCUT2D eigenvalue weighted by molar-refractivity contribution is 5.76. The van der Waals surface area contributed by atoms with Crippen molar-refractivity contribution in [1.82, 2.24) is 30.3 Å². The predicted octanol–water partition coefficient (Wildman–Crippen LogP) is 4.18. The van der Waals surface area contributed by atoms with E-state index in [1.54, 1.807) is 12.3 Å². The number of rotatable bonds is 4. The third kappa shape index (κ3) is 4.20. The summed E-state index contributed by atoms with van der Waals surface area (Å²) in [5, 5.41) is 11.1. The number of piperidine rings is 1. The van der Waals surface area contributed by atoms with Gasteiger partial charge in [-0.1, -0.05) is 18.2 Å². The number of nitrogens with one attached hydrogen (secondary N) is 2. The Balaban J connectivity index is 1.15. The van der Waals surface area contributed by atoms with E-state index in [4.69, 9.17) is 0 Å². The third-order valence-corrected chi connectivity index (χ3v) is 7.98. The molecular weight excluding hydrogens is 443 g/mol. The Labute approximate surface area is 204 Å². The van der Waals surface area contributed by atoms with Crippen molar-refractivity contribution in [1.29, 1.82) is 0 Å². The van der Waals surface area contributed by atoms with Crippen LogP contribution in [0.3, 0.4) is 0 Å². The molecule has 0 radical (unpaired) electrons. The first-order chi connectivity index (χ1) is 17.1. The van der Waals surface area contributed by atoms with E-state index in [9.17, 15) is 9.18 Å². The first kappa shape index (κ1) is 22.2. The Kier molecular flexibility index (Phi) is 5.76. The summed E-state index contributed by atoms with van der Waals surface area (Å²) in [7, 11) is 0. The summed E-state index contributed by atoms with van der Waals surface area (Å²) in [5.41, 5.74) is 5.78. The summed E-state index contributed by atoms with van der Waals surface area (Å²) >= 11 is 0. The van der Waals surface area contributed by atoms with Crippen molar-refractivity contribution in [3.8, 4) is 11.3 Å². The Hall–Kier alpha value is -3.26. The van der Waals surface area contributed by atoms with Crippen LogP contribution in [0.15, 0.2) is 42.6 Å². The van der Waals surface area contributed by atoms with Crippen LogP contribution >= 0.6 is 0 Å². The molecule has 3 aromatic rings. The number of hydrogen-bond donors (Lipinski definition) is 2. The van der Waals surface area contributed by atoms with Gasteiger partial charge in [-0.3, -0.25) is 15.0 Å². The van der Waals surface area contributed by atoms with Crippen molar-refractivity contribution in [2.24, 2.45) is 0 Å². The minimum atomic E-state index is -0.150. The number of carbonyl (C=O) groups excluding carboxylic acids is 1. The molecule has 3 atom stereocenters. The van der Waals surface area contributed by atoms with Gasteiger partial charge in [-0.25, -0.2) is 9.18 Å². The van der Waals surface area contributed by atoms with E-state index >= 15 is 0 Å². The fourth-order valence-corrected chi connectivity index (χ4v) is 6.16. The van der Waals surface area contributed by atoms with E-state index in [1.165, 1.54) is 6.07 Å². The molecule has 6 rings (SSSR count). The van der Waals surface area contributed by atoms with Crippen molar-refractivity contribution >= 4 is 6.03 Å². The lowest BCUT2D eigenvalue weighted by atomic mass is 9.96. The van der Waals surface area contributed by atoms with Gasteiger partial charge in [0.25, 0.3) is 0 Å². The number of aromatic amines is 1. The number of carbonyl (C=O) groups is 1. The van der Waals surface area contributed by atoms with Crippen molar-refractivity contribution in [2.45, 2.75) is 70.2 Å². The second-order valence-electron chi connectivity index (χ2n) is 10.1. The van der Waals surface area contributed by atoms with Crippen LogP contribution < -0.4 is 5.32 Å². The number of hydrogen-bond acceptors (Lipinski definition) is 4. The van der Waals surface area contributed by atoms with Crippen LogP contribution in [0.25, 0.3) is 11.3 Å². The number of fused-ring (bicyclic) bond motifs is 3. The average Bonchev–Trinajstić information content (AvgIpc) is 3.40. The van der Waals surface area contributed by atoms with Gasteiger partial charge in [0.2, 0.25) is 0 Å². The predicted molar refractivity (Wildman–Crippen MR) is 131 cm³/mol. The molecule has 0 saturated carbocycles. The van der Waals surface area contributed by atoms with E-state index in [-0.39, 0.29) is 23.9 Å².